The third-order valence-corrected chi connectivity index (χ3v) is 5.72. The van der Waals surface area contributed by atoms with Crippen LogP contribution in [0.15, 0.2) is 53.4 Å². The monoisotopic (exact) mass is 374 g/mol. The van der Waals surface area contributed by atoms with Crippen LogP contribution in [0.5, 0.6) is 5.75 Å². The Balaban J connectivity index is 1.65. The topological polar surface area (TPSA) is 84.5 Å². The lowest BCUT2D eigenvalue weighted by atomic mass is 9.85. The van der Waals surface area contributed by atoms with Crippen molar-refractivity contribution in [1.82, 2.24) is 0 Å². The minimum absolute atomic E-state index is 0.000583. The summed E-state index contributed by atoms with van der Waals surface area (Å²) in [4.78, 5) is 12.1. The van der Waals surface area contributed by atoms with Crippen LogP contribution in [0.2, 0.25) is 0 Å². The molecule has 7 heteroatoms. The molecule has 1 aliphatic rings. The first-order valence-corrected chi connectivity index (χ1v) is 10.1. The number of carbonyl (C=O) groups excluding carboxylic acids is 1. The van der Waals surface area contributed by atoms with Crippen LogP contribution in [0.25, 0.3) is 0 Å². The van der Waals surface area contributed by atoms with Crippen molar-refractivity contribution in [3.63, 3.8) is 0 Å². The van der Waals surface area contributed by atoms with Gasteiger partial charge in [-0.1, -0.05) is 6.42 Å². The summed E-state index contributed by atoms with van der Waals surface area (Å²) >= 11 is 0. The Bertz CT molecular complexity index is 857. The summed E-state index contributed by atoms with van der Waals surface area (Å²) in [6.45, 7) is 2.43. The Kier molecular flexibility index (Phi) is 5.46. The lowest BCUT2D eigenvalue weighted by Gasteiger charge is -2.24. The van der Waals surface area contributed by atoms with Crippen LogP contribution >= 0.6 is 0 Å². The predicted octanol–water partition coefficient (Wildman–Crippen LogP) is 3.62. The van der Waals surface area contributed by atoms with E-state index in [0.717, 1.165) is 19.3 Å². The molecule has 3 rings (SSSR count). The number of hydrogen-bond acceptors (Lipinski definition) is 4. The van der Waals surface area contributed by atoms with E-state index in [0.29, 0.717) is 23.7 Å². The van der Waals surface area contributed by atoms with Gasteiger partial charge in [0.05, 0.1) is 11.5 Å². The Hall–Kier alpha value is -2.54. The van der Waals surface area contributed by atoms with Gasteiger partial charge in [0, 0.05) is 17.3 Å². The molecular weight excluding hydrogens is 352 g/mol. The second-order valence-electron chi connectivity index (χ2n) is 6.20. The van der Waals surface area contributed by atoms with E-state index in [-0.39, 0.29) is 16.7 Å². The van der Waals surface area contributed by atoms with Crippen molar-refractivity contribution < 1.29 is 17.9 Å². The van der Waals surface area contributed by atoms with Gasteiger partial charge in [-0.3, -0.25) is 9.52 Å². The Labute approximate surface area is 153 Å². The molecule has 0 atom stereocenters. The summed E-state index contributed by atoms with van der Waals surface area (Å²) < 4.78 is 32.8. The Morgan fingerprint density at radius 1 is 1.04 bits per heavy atom. The molecule has 0 unspecified atom stereocenters. The summed E-state index contributed by atoms with van der Waals surface area (Å²) in [6, 6.07) is 12.9. The normalized spacial score (nSPS) is 14.3. The fraction of sp³-hybridized carbons (Fsp3) is 0.316. The van der Waals surface area contributed by atoms with Crippen LogP contribution in [-0.4, -0.2) is 20.9 Å². The van der Waals surface area contributed by atoms with Crippen LogP contribution in [0.3, 0.4) is 0 Å². The zero-order valence-electron chi connectivity index (χ0n) is 14.6. The van der Waals surface area contributed by atoms with Gasteiger partial charge in [0.25, 0.3) is 10.0 Å². The highest BCUT2D eigenvalue weighted by atomic mass is 32.2. The van der Waals surface area contributed by atoms with Gasteiger partial charge in [-0.25, -0.2) is 8.42 Å². The van der Waals surface area contributed by atoms with Crippen LogP contribution in [0.4, 0.5) is 11.4 Å². The van der Waals surface area contributed by atoms with Crippen molar-refractivity contribution in [3.8, 4) is 5.75 Å². The summed E-state index contributed by atoms with van der Waals surface area (Å²) in [5.74, 6) is 0.765. The zero-order chi connectivity index (χ0) is 18.6. The zero-order valence-corrected chi connectivity index (χ0v) is 15.4. The number of sulfonamides is 1. The molecule has 0 aromatic heterocycles. The van der Waals surface area contributed by atoms with E-state index in [9.17, 15) is 13.2 Å². The maximum Gasteiger partial charge on any atom is 0.261 e. The summed E-state index contributed by atoms with van der Waals surface area (Å²) in [7, 11) is -3.70. The number of rotatable bonds is 7. The van der Waals surface area contributed by atoms with Crippen LogP contribution < -0.4 is 14.8 Å². The highest BCUT2D eigenvalue weighted by Crippen LogP contribution is 2.28. The molecule has 0 spiro atoms. The molecule has 6 nitrogen and oxygen atoms in total. The molecular formula is C19H22N2O4S. The van der Waals surface area contributed by atoms with Gasteiger partial charge in [-0.05, 0) is 68.3 Å². The summed E-state index contributed by atoms with van der Waals surface area (Å²) in [5.41, 5.74) is 1.05. The SMILES string of the molecule is CCOc1ccc(NS(=O)(=O)c2ccc(NC(=O)C3CCC3)cc2)cc1. The molecule has 1 fully saturated rings. The molecule has 0 aliphatic heterocycles. The highest BCUT2D eigenvalue weighted by Gasteiger charge is 2.25. The van der Waals surface area contributed by atoms with Crippen LogP contribution in [-0.2, 0) is 14.8 Å². The van der Waals surface area contributed by atoms with E-state index in [1.807, 2.05) is 6.92 Å². The number of anilines is 2. The molecule has 0 heterocycles. The van der Waals surface area contributed by atoms with Crippen molar-refractivity contribution >= 4 is 27.3 Å². The second kappa shape index (κ2) is 7.78. The maximum absolute atomic E-state index is 12.5. The van der Waals surface area contributed by atoms with Gasteiger partial charge in [-0.2, -0.15) is 0 Å². The fourth-order valence-electron chi connectivity index (χ4n) is 2.63. The molecule has 26 heavy (non-hydrogen) atoms. The molecule has 2 N–H and O–H groups in total. The molecule has 0 bridgehead atoms. The quantitative estimate of drug-likeness (QED) is 0.775. The molecule has 0 saturated heterocycles. The number of ether oxygens (including phenoxy) is 1. The van der Waals surface area contributed by atoms with E-state index >= 15 is 0 Å². The largest absolute Gasteiger partial charge is 0.494 e. The van der Waals surface area contributed by atoms with Gasteiger partial charge in [-0.15, -0.1) is 0 Å². The molecule has 2 aromatic carbocycles. The minimum Gasteiger partial charge on any atom is -0.494 e. The van der Waals surface area contributed by atoms with Gasteiger partial charge in [0.1, 0.15) is 5.75 Å². The smallest absolute Gasteiger partial charge is 0.261 e. The number of benzene rings is 2. The molecule has 1 aliphatic carbocycles. The molecule has 2 aromatic rings. The second-order valence-corrected chi connectivity index (χ2v) is 7.89. The molecule has 1 amide bonds. The van der Waals surface area contributed by atoms with E-state index in [2.05, 4.69) is 10.0 Å². The lowest BCUT2D eigenvalue weighted by molar-refractivity contribution is -0.122. The summed E-state index contributed by atoms with van der Waals surface area (Å²) in [5, 5.41) is 2.82. The average Bonchev–Trinajstić information content (AvgIpc) is 2.55. The van der Waals surface area contributed by atoms with Crippen LogP contribution in [0, 0.1) is 5.92 Å². The average molecular weight is 374 g/mol. The lowest BCUT2D eigenvalue weighted by Crippen LogP contribution is -2.28. The number of amides is 1. The van der Waals surface area contributed by atoms with Gasteiger partial charge in [0.15, 0.2) is 0 Å². The Morgan fingerprint density at radius 3 is 2.19 bits per heavy atom. The first-order chi connectivity index (χ1) is 12.5. The number of nitrogens with one attached hydrogen (secondary N) is 2. The van der Waals surface area contributed by atoms with E-state index in [4.69, 9.17) is 4.74 Å². The van der Waals surface area contributed by atoms with E-state index in [1.165, 1.54) is 12.1 Å². The number of hydrogen-bond donors (Lipinski definition) is 2. The molecule has 0 radical (unpaired) electrons. The van der Waals surface area contributed by atoms with Crippen LogP contribution in [0.1, 0.15) is 26.2 Å². The van der Waals surface area contributed by atoms with Gasteiger partial charge < -0.3 is 10.1 Å². The van der Waals surface area contributed by atoms with Crippen molar-refractivity contribution in [3.05, 3.63) is 48.5 Å². The fourth-order valence-corrected chi connectivity index (χ4v) is 3.69. The van der Waals surface area contributed by atoms with E-state index in [1.54, 1.807) is 36.4 Å². The molecule has 1 saturated carbocycles. The first-order valence-electron chi connectivity index (χ1n) is 8.64. The number of carbonyl (C=O) groups is 1. The Morgan fingerprint density at radius 2 is 1.65 bits per heavy atom. The van der Waals surface area contributed by atoms with E-state index < -0.39 is 10.0 Å². The van der Waals surface area contributed by atoms with Gasteiger partial charge in [0.2, 0.25) is 5.91 Å². The standard InChI is InChI=1S/C19H22N2O4S/c1-2-25-17-10-6-16(7-11-17)21-26(23,24)18-12-8-15(9-13-18)20-19(22)14-4-3-5-14/h6-14,21H,2-5H2,1H3,(H,20,22). The van der Waals surface area contributed by atoms with Crippen molar-refractivity contribution in [2.75, 3.05) is 16.6 Å². The van der Waals surface area contributed by atoms with Crippen molar-refractivity contribution in [2.45, 2.75) is 31.1 Å². The van der Waals surface area contributed by atoms with Crippen molar-refractivity contribution in [2.24, 2.45) is 5.92 Å². The first kappa shape index (κ1) is 18.3. The summed E-state index contributed by atoms with van der Waals surface area (Å²) in [6.07, 6.45) is 2.93. The predicted molar refractivity (Wildman–Crippen MR) is 101 cm³/mol. The van der Waals surface area contributed by atoms with Gasteiger partial charge >= 0.3 is 0 Å². The third-order valence-electron chi connectivity index (χ3n) is 4.33. The minimum atomic E-state index is -3.70. The molecule has 138 valence electrons. The maximum atomic E-state index is 12.5. The third kappa shape index (κ3) is 4.35. The highest BCUT2D eigenvalue weighted by molar-refractivity contribution is 7.92. The van der Waals surface area contributed by atoms with Crippen molar-refractivity contribution in [1.29, 1.82) is 0 Å².